The number of carbonyl (C=O) groups excluding carboxylic acids is 1. The number of thiazole rings is 1. The van der Waals surface area contributed by atoms with Crippen LogP contribution in [0.2, 0.25) is 0 Å². The van der Waals surface area contributed by atoms with Gasteiger partial charge in [-0.25, -0.2) is 4.98 Å². The summed E-state index contributed by atoms with van der Waals surface area (Å²) in [6, 6.07) is 0. The number of nitrogens with zero attached hydrogens (tertiary/aromatic N) is 3. The molecule has 5 nitrogen and oxygen atoms in total. The molecule has 1 N–H and O–H groups in total. The molecule has 1 saturated heterocycles. The molecule has 1 amide bonds. The van der Waals surface area contributed by atoms with Gasteiger partial charge in [0.15, 0.2) is 0 Å². The van der Waals surface area contributed by atoms with E-state index in [0.717, 1.165) is 30.0 Å². The molecule has 0 atom stereocenters. The van der Waals surface area contributed by atoms with E-state index in [1.54, 1.807) is 11.3 Å². The molecule has 1 aromatic heterocycles. The van der Waals surface area contributed by atoms with Gasteiger partial charge in [-0.3, -0.25) is 9.69 Å². The van der Waals surface area contributed by atoms with Gasteiger partial charge in [0.1, 0.15) is 10.6 Å². The third-order valence-corrected chi connectivity index (χ3v) is 5.57. The minimum Gasteiger partial charge on any atom is -0.383 e. The van der Waals surface area contributed by atoms with Crippen molar-refractivity contribution < 1.29 is 9.90 Å². The fraction of sp³-hybridized carbons (Fsp3) is 0.684. The highest BCUT2D eigenvalue weighted by molar-refractivity contribution is 7.09. The van der Waals surface area contributed by atoms with Crippen molar-refractivity contribution >= 4 is 17.2 Å². The Morgan fingerprint density at radius 3 is 2.84 bits per heavy atom. The zero-order valence-electron chi connectivity index (χ0n) is 15.3. The average molecular weight is 364 g/mol. The van der Waals surface area contributed by atoms with Gasteiger partial charge in [0.25, 0.3) is 0 Å². The monoisotopic (exact) mass is 363 g/mol. The highest BCUT2D eigenvalue weighted by atomic mass is 32.1. The summed E-state index contributed by atoms with van der Waals surface area (Å²) in [7, 11) is 1.96. The lowest BCUT2D eigenvalue weighted by atomic mass is 9.88. The SMILES string of the molecule is C#CCN(C)Cc1nc(C2(O)CCN(C(=O)CCCCC)CC2)cs1. The zero-order valence-corrected chi connectivity index (χ0v) is 16.1. The van der Waals surface area contributed by atoms with Crippen LogP contribution in [-0.2, 0) is 16.9 Å². The lowest BCUT2D eigenvalue weighted by molar-refractivity contribution is -0.136. The molecule has 0 radical (unpaired) electrons. The third-order valence-electron chi connectivity index (χ3n) is 4.73. The number of aliphatic hydroxyl groups is 1. The summed E-state index contributed by atoms with van der Waals surface area (Å²) < 4.78 is 0. The maximum absolute atomic E-state index is 12.2. The molecular formula is C19H29N3O2S. The van der Waals surface area contributed by atoms with Crippen LogP contribution in [0.15, 0.2) is 5.38 Å². The van der Waals surface area contributed by atoms with Gasteiger partial charge in [-0.2, -0.15) is 0 Å². The number of piperidine rings is 1. The Morgan fingerprint density at radius 2 is 2.20 bits per heavy atom. The van der Waals surface area contributed by atoms with Gasteiger partial charge in [0, 0.05) is 24.9 Å². The Labute approximate surface area is 155 Å². The van der Waals surface area contributed by atoms with Crippen molar-refractivity contribution in [3.05, 3.63) is 16.1 Å². The van der Waals surface area contributed by atoms with Crippen molar-refractivity contribution in [1.82, 2.24) is 14.8 Å². The van der Waals surface area contributed by atoms with E-state index < -0.39 is 5.60 Å². The number of rotatable bonds is 8. The first-order chi connectivity index (χ1) is 12.0. The lowest BCUT2D eigenvalue weighted by Gasteiger charge is -2.37. The highest BCUT2D eigenvalue weighted by Gasteiger charge is 2.37. The summed E-state index contributed by atoms with van der Waals surface area (Å²) in [5.41, 5.74) is -0.181. The molecular weight excluding hydrogens is 334 g/mol. The molecule has 1 aromatic rings. The maximum atomic E-state index is 12.2. The first kappa shape index (κ1) is 19.9. The molecule has 6 heteroatoms. The molecule has 2 rings (SSSR count). The number of likely N-dealkylation sites (tertiary alicyclic amines) is 1. The Bertz CT molecular complexity index is 600. The number of hydrogen-bond donors (Lipinski definition) is 1. The minimum absolute atomic E-state index is 0.213. The van der Waals surface area contributed by atoms with Crippen molar-refractivity contribution in [3.8, 4) is 12.3 Å². The minimum atomic E-state index is -0.917. The van der Waals surface area contributed by atoms with Crippen LogP contribution in [0.3, 0.4) is 0 Å². The van der Waals surface area contributed by atoms with Crippen molar-refractivity contribution in [2.45, 2.75) is 57.6 Å². The molecule has 138 valence electrons. The molecule has 2 heterocycles. The van der Waals surface area contributed by atoms with E-state index in [0.29, 0.717) is 45.4 Å². The average Bonchev–Trinajstić information content (AvgIpc) is 3.05. The number of aromatic nitrogens is 1. The van der Waals surface area contributed by atoms with Gasteiger partial charge in [-0.05, 0) is 26.3 Å². The van der Waals surface area contributed by atoms with Crippen LogP contribution in [0, 0.1) is 12.3 Å². The molecule has 0 saturated carbocycles. The second kappa shape index (κ2) is 9.33. The topological polar surface area (TPSA) is 56.7 Å². The van der Waals surface area contributed by atoms with Gasteiger partial charge >= 0.3 is 0 Å². The van der Waals surface area contributed by atoms with E-state index in [-0.39, 0.29) is 5.91 Å². The molecule has 0 aromatic carbocycles. The molecule has 0 bridgehead atoms. The van der Waals surface area contributed by atoms with Gasteiger partial charge < -0.3 is 10.0 Å². The van der Waals surface area contributed by atoms with Crippen molar-refractivity contribution in [3.63, 3.8) is 0 Å². The zero-order chi connectivity index (χ0) is 18.3. The van der Waals surface area contributed by atoms with Crippen LogP contribution in [-0.4, -0.2) is 52.5 Å². The van der Waals surface area contributed by atoms with Crippen LogP contribution < -0.4 is 0 Å². The van der Waals surface area contributed by atoms with Gasteiger partial charge in [0.2, 0.25) is 5.91 Å². The fourth-order valence-electron chi connectivity index (χ4n) is 3.11. The van der Waals surface area contributed by atoms with E-state index >= 15 is 0 Å². The van der Waals surface area contributed by atoms with Crippen molar-refractivity contribution in [2.75, 3.05) is 26.7 Å². The van der Waals surface area contributed by atoms with Crippen LogP contribution in [0.1, 0.15) is 56.2 Å². The first-order valence-corrected chi connectivity index (χ1v) is 9.93. The summed E-state index contributed by atoms with van der Waals surface area (Å²) in [5, 5.41) is 13.9. The smallest absolute Gasteiger partial charge is 0.222 e. The second-order valence-corrected chi connectivity index (χ2v) is 7.82. The van der Waals surface area contributed by atoms with Crippen LogP contribution in [0.5, 0.6) is 0 Å². The predicted molar refractivity (Wildman–Crippen MR) is 101 cm³/mol. The van der Waals surface area contributed by atoms with Crippen LogP contribution in [0.4, 0.5) is 0 Å². The highest BCUT2D eigenvalue weighted by Crippen LogP contribution is 2.33. The first-order valence-electron chi connectivity index (χ1n) is 9.05. The number of unbranched alkanes of at least 4 members (excludes halogenated alkanes) is 2. The van der Waals surface area contributed by atoms with Crippen molar-refractivity contribution in [2.24, 2.45) is 0 Å². The van der Waals surface area contributed by atoms with Gasteiger partial charge in [-0.1, -0.05) is 25.7 Å². The Hall–Kier alpha value is -1.42. The lowest BCUT2D eigenvalue weighted by Crippen LogP contribution is -2.45. The molecule has 0 unspecified atom stereocenters. The van der Waals surface area contributed by atoms with E-state index in [9.17, 15) is 9.90 Å². The Balaban J connectivity index is 1.88. The summed E-state index contributed by atoms with van der Waals surface area (Å²) in [6.07, 6.45) is 10.2. The standard InChI is InChI=1S/C19H29N3O2S/c1-4-6-7-8-18(23)22-12-9-19(24,10-13-22)16-15-25-17(20-16)14-21(3)11-5-2/h2,15,24H,4,6-14H2,1,3H3. The summed E-state index contributed by atoms with van der Waals surface area (Å²) in [5.74, 6) is 2.83. The fourth-order valence-corrected chi connectivity index (χ4v) is 4.07. The summed E-state index contributed by atoms with van der Waals surface area (Å²) >= 11 is 1.55. The van der Waals surface area contributed by atoms with E-state index in [1.165, 1.54) is 0 Å². The Kier molecular flexibility index (Phi) is 7.42. The quantitative estimate of drug-likeness (QED) is 0.570. The molecule has 1 aliphatic heterocycles. The van der Waals surface area contributed by atoms with Crippen LogP contribution in [0.25, 0.3) is 0 Å². The van der Waals surface area contributed by atoms with Gasteiger partial charge in [-0.15, -0.1) is 17.8 Å². The number of carbonyl (C=O) groups is 1. The molecule has 1 aliphatic rings. The summed E-state index contributed by atoms with van der Waals surface area (Å²) in [4.78, 5) is 20.7. The van der Waals surface area contributed by atoms with Crippen molar-refractivity contribution in [1.29, 1.82) is 0 Å². The number of terminal acetylenes is 1. The number of hydrogen-bond acceptors (Lipinski definition) is 5. The largest absolute Gasteiger partial charge is 0.383 e. The van der Waals surface area contributed by atoms with E-state index in [2.05, 4.69) is 17.8 Å². The van der Waals surface area contributed by atoms with E-state index in [1.807, 2.05) is 22.2 Å². The maximum Gasteiger partial charge on any atom is 0.222 e. The third kappa shape index (κ3) is 5.53. The predicted octanol–water partition coefficient (Wildman–Crippen LogP) is 2.60. The Morgan fingerprint density at radius 1 is 1.48 bits per heavy atom. The number of amides is 1. The molecule has 25 heavy (non-hydrogen) atoms. The molecule has 0 aliphatic carbocycles. The van der Waals surface area contributed by atoms with Gasteiger partial charge in [0.05, 0.1) is 18.8 Å². The second-order valence-electron chi connectivity index (χ2n) is 6.87. The van der Waals surface area contributed by atoms with Crippen LogP contribution >= 0.6 is 11.3 Å². The molecule has 1 fully saturated rings. The molecule has 0 spiro atoms. The summed E-state index contributed by atoms with van der Waals surface area (Å²) in [6.45, 7) is 4.61. The normalized spacial score (nSPS) is 16.8. The van der Waals surface area contributed by atoms with E-state index in [4.69, 9.17) is 6.42 Å².